The Balaban J connectivity index is 1.62. The number of benzene rings is 2. The van der Waals surface area contributed by atoms with E-state index in [1.807, 2.05) is 42.5 Å². The van der Waals surface area contributed by atoms with Crippen molar-refractivity contribution in [2.75, 3.05) is 0 Å². The average Bonchev–Trinajstić information content (AvgIpc) is 3.19. The molecule has 1 N–H and O–H groups in total. The van der Waals surface area contributed by atoms with Crippen molar-refractivity contribution in [2.24, 2.45) is 0 Å². The fourth-order valence-corrected chi connectivity index (χ4v) is 3.54. The SMILES string of the molecule is Cc1c(C(=O)NC(c2ccccc2)c2ccc(Cl)cc2)cnn1-c1ccc(C(F)(F)F)cn1. The maximum absolute atomic E-state index is 13.2. The number of nitrogens with zero attached hydrogens (tertiary/aromatic N) is 3. The van der Waals surface area contributed by atoms with E-state index in [2.05, 4.69) is 15.4 Å². The van der Waals surface area contributed by atoms with Crippen LogP contribution in [0.4, 0.5) is 13.2 Å². The Morgan fingerprint density at radius 2 is 1.64 bits per heavy atom. The molecule has 2 aromatic carbocycles. The Hall–Kier alpha value is -3.65. The molecule has 33 heavy (non-hydrogen) atoms. The second-order valence-corrected chi connectivity index (χ2v) is 7.76. The minimum atomic E-state index is -4.48. The number of carbonyl (C=O) groups excluding carboxylic acids is 1. The van der Waals surface area contributed by atoms with Crippen molar-refractivity contribution < 1.29 is 18.0 Å². The number of alkyl halides is 3. The summed E-state index contributed by atoms with van der Waals surface area (Å²) >= 11 is 6.01. The molecule has 0 radical (unpaired) electrons. The number of halogens is 4. The van der Waals surface area contributed by atoms with E-state index >= 15 is 0 Å². The summed E-state index contributed by atoms with van der Waals surface area (Å²) in [4.78, 5) is 17.0. The number of amides is 1. The Morgan fingerprint density at radius 3 is 2.24 bits per heavy atom. The van der Waals surface area contributed by atoms with Crippen LogP contribution in [0, 0.1) is 6.92 Å². The Bertz CT molecular complexity index is 1250. The lowest BCUT2D eigenvalue weighted by molar-refractivity contribution is -0.137. The molecule has 5 nitrogen and oxygen atoms in total. The molecule has 2 aromatic heterocycles. The summed E-state index contributed by atoms with van der Waals surface area (Å²) in [5.41, 5.74) is 1.59. The van der Waals surface area contributed by atoms with Crippen LogP contribution in [0.25, 0.3) is 5.82 Å². The van der Waals surface area contributed by atoms with Crippen LogP contribution < -0.4 is 5.32 Å². The number of hydrogen-bond acceptors (Lipinski definition) is 3. The molecule has 168 valence electrons. The summed E-state index contributed by atoms with van der Waals surface area (Å²) in [5.74, 6) is -0.202. The maximum Gasteiger partial charge on any atom is 0.417 e. The van der Waals surface area contributed by atoms with Gasteiger partial charge >= 0.3 is 6.18 Å². The van der Waals surface area contributed by atoms with Gasteiger partial charge in [0.25, 0.3) is 5.91 Å². The van der Waals surface area contributed by atoms with Crippen LogP contribution >= 0.6 is 11.6 Å². The van der Waals surface area contributed by atoms with Gasteiger partial charge in [-0.05, 0) is 42.3 Å². The first-order valence-electron chi connectivity index (χ1n) is 9.93. The molecule has 4 aromatic rings. The van der Waals surface area contributed by atoms with Gasteiger partial charge in [0.1, 0.15) is 0 Å². The largest absolute Gasteiger partial charge is 0.417 e. The Labute approximate surface area is 192 Å². The van der Waals surface area contributed by atoms with E-state index in [-0.39, 0.29) is 17.3 Å². The van der Waals surface area contributed by atoms with Gasteiger partial charge in [0.2, 0.25) is 0 Å². The first kappa shape index (κ1) is 22.5. The normalized spacial score (nSPS) is 12.4. The van der Waals surface area contributed by atoms with Gasteiger partial charge in [-0.3, -0.25) is 4.79 Å². The van der Waals surface area contributed by atoms with E-state index in [1.165, 1.54) is 16.9 Å². The predicted octanol–water partition coefficient (Wildman–Crippen LogP) is 5.77. The zero-order valence-corrected chi connectivity index (χ0v) is 18.1. The average molecular weight is 471 g/mol. The molecule has 0 saturated heterocycles. The van der Waals surface area contributed by atoms with Crippen LogP contribution in [0.3, 0.4) is 0 Å². The summed E-state index contributed by atoms with van der Waals surface area (Å²) in [7, 11) is 0. The lowest BCUT2D eigenvalue weighted by atomic mass is 9.98. The highest BCUT2D eigenvalue weighted by atomic mass is 35.5. The summed E-state index contributed by atoms with van der Waals surface area (Å²) in [6.07, 6.45) is -2.38. The van der Waals surface area contributed by atoms with Gasteiger partial charge in [-0.15, -0.1) is 0 Å². The van der Waals surface area contributed by atoms with Crippen LogP contribution in [0.5, 0.6) is 0 Å². The van der Waals surface area contributed by atoms with Crippen LogP contribution in [-0.2, 0) is 6.18 Å². The molecule has 1 atom stereocenters. The quantitative estimate of drug-likeness (QED) is 0.403. The molecule has 1 unspecified atom stereocenters. The fraction of sp³-hybridized carbons (Fsp3) is 0.125. The van der Waals surface area contributed by atoms with Gasteiger partial charge in [-0.25, -0.2) is 9.67 Å². The van der Waals surface area contributed by atoms with Crippen LogP contribution in [0.15, 0.2) is 79.1 Å². The van der Waals surface area contributed by atoms with Crippen molar-refractivity contribution >= 4 is 17.5 Å². The van der Waals surface area contributed by atoms with Gasteiger partial charge in [-0.2, -0.15) is 18.3 Å². The highest BCUT2D eigenvalue weighted by Crippen LogP contribution is 2.29. The first-order valence-corrected chi connectivity index (χ1v) is 10.3. The molecule has 2 heterocycles. The molecule has 9 heteroatoms. The minimum Gasteiger partial charge on any atom is -0.341 e. The summed E-state index contributed by atoms with van der Waals surface area (Å²) < 4.78 is 39.8. The molecule has 0 aliphatic carbocycles. The lowest BCUT2D eigenvalue weighted by Crippen LogP contribution is -2.29. The zero-order valence-electron chi connectivity index (χ0n) is 17.3. The van der Waals surface area contributed by atoms with Crippen molar-refractivity contribution in [1.82, 2.24) is 20.1 Å². The third-order valence-corrected chi connectivity index (χ3v) is 5.41. The molecule has 0 spiro atoms. The molecule has 4 rings (SSSR count). The summed E-state index contributed by atoms with van der Waals surface area (Å²) in [6.45, 7) is 1.65. The highest BCUT2D eigenvalue weighted by Gasteiger charge is 2.31. The van der Waals surface area contributed by atoms with Crippen molar-refractivity contribution in [3.05, 3.63) is 112 Å². The second-order valence-electron chi connectivity index (χ2n) is 7.33. The van der Waals surface area contributed by atoms with Gasteiger partial charge in [0, 0.05) is 11.2 Å². The summed E-state index contributed by atoms with van der Waals surface area (Å²) in [5, 5.41) is 7.75. The second kappa shape index (κ2) is 9.07. The molecule has 0 fully saturated rings. The fourth-order valence-electron chi connectivity index (χ4n) is 3.41. The molecule has 0 aliphatic rings. The van der Waals surface area contributed by atoms with Crippen LogP contribution in [0.2, 0.25) is 5.02 Å². The maximum atomic E-state index is 13.2. The number of carbonyl (C=O) groups is 1. The first-order chi connectivity index (χ1) is 15.7. The van der Waals surface area contributed by atoms with Crippen molar-refractivity contribution in [2.45, 2.75) is 19.1 Å². The van der Waals surface area contributed by atoms with Crippen LogP contribution in [-0.4, -0.2) is 20.7 Å². The van der Waals surface area contributed by atoms with E-state index in [0.29, 0.717) is 10.7 Å². The number of pyridine rings is 1. The van der Waals surface area contributed by atoms with Crippen molar-refractivity contribution in [1.29, 1.82) is 0 Å². The summed E-state index contributed by atoms with van der Waals surface area (Å²) in [6, 6.07) is 18.3. The molecule has 0 aliphatic heterocycles. The third kappa shape index (κ3) is 4.90. The monoisotopic (exact) mass is 470 g/mol. The van der Waals surface area contributed by atoms with Gasteiger partial charge in [0.15, 0.2) is 5.82 Å². The topological polar surface area (TPSA) is 59.8 Å². The van der Waals surface area contributed by atoms with E-state index < -0.39 is 17.8 Å². The smallest absolute Gasteiger partial charge is 0.341 e. The number of hydrogen-bond donors (Lipinski definition) is 1. The zero-order chi connectivity index (χ0) is 23.6. The molecule has 0 saturated carbocycles. The minimum absolute atomic E-state index is 0.178. The molecular formula is C24H18ClF3N4O. The lowest BCUT2D eigenvalue weighted by Gasteiger charge is -2.20. The van der Waals surface area contributed by atoms with Gasteiger partial charge in [0.05, 0.1) is 29.1 Å². The molecular weight excluding hydrogens is 453 g/mol. The number of aromatic nitrogens is 3. The third-order valence-electron chi connectivity index (χ3n) is 5.16. The standard InChI is InChI=1S/C24H18ClF3N4O/c1-15-20(14-30-32(15)21-12-9-18(13-29-21)24(26,27)28)23(33)31-22(16-5-3-2-4-6-16)17-7-10-19(25)11-8-17/h2-14,22H,1H3,(H,31,33). The predicted molar refractivity (Wildman–Crippen MR) is 118 cm³/mol. The number of rotatable bonds is 5. The van der Waals surface area contributed by atoms with E-state index in [0.717, 1.165) is 23.4 Å². The van der Waals surface area contributed by atoms with Gasteiger partial charge < -0.3 is 5.32 Å². The van der Waals surface area contributed by atoms with E-state index in [9.17, 15) is 18.0 Å². The van der Waals surface area contributed by atoms with Crippen LogP contribution in [0.1, 0.15) is 38.8 Å². The van der Waals surface area contributed by atoms with E-state index in [4.69, 9.17) is 11.6 Å². The van der Waals surface area contributed by atoms with E-state index in [1.54, 1.807) is 19.1 Å². The number of nitrogens with one attached hydrogen (secondary N) is 1. The molecule has 0 bridgehead atoms. The highest BCUT2D eigenvalue weighted by molar-refractivity contribution is 6.30. The van der Waals surface area contributed by atoms with Gasteiger partial charge in [-0.1, -0.05) is 54.1 Å². The Morgan fingerprint density at radius 1 is 0.970 bits per heavy atom. The Kier molecular flexibility index (Phi) is 6.20. The van der Waals surface area contributed by atoms with Crippen molar-refractivity contribution in [3.63, 3.8) is 0 Å². The van der Waals surface area contributed by atoms with Crippen molar-refractivity contribution in [3.8, 4) is 5.82 Å². The molecule has 1 amide bonds.